The predicted molar refractivity (Wildman–Crippen MR) is 63.4 cm³/mol. The second-order valence-electron chi connectivity index (χ2n) is 3.95. The minimum atomic E-state index is -0.232. The van der Waals surface area contributed by atoms with Crippen molar-refractivity contribution in [2.24, 2.45) is 11.5 Å². The Balaban J connectivity index is 3.64. The summed E-state index contributed by atoms with van der Waals surface area (Å²) in [6.45, 7) is 5.23. The first-order valence-corrected chi connectivity index (χ1v) is 5.91. The van der Waals surface area contributed by atoms with Gasteiger partial charge in [0.1, 0.15) is 0 Å². The van der Waals surface area contributed by atoms with Gasteiger partial charge in [-0.05, 0) is 38.9 Å². The zero-order valence-corrected chi connectivity index (χ0v) is 9.87. The van der Waals surface area contributed by atoms with Crippen molar-refractivity contribution < 1.29 is 4.79 Å². The maximum atomic E-state index is 10.8. The molecule has 15 heavy (non-hydrogen) atoms. The van der Waals surface area contributed by atoms with Crippen molar-refractivity contribution in [3.63, 3.8) is 0 Å². The molecule has 0 aliphatic carbocycles. The highest BCUT2D eigenvalue weighted by atomic mass is 16.1. The number of hydrogen-bond donors (Lipinski definition) is 2. The summed E-state index contributed by atoms with van der Waals surface area (Å²) in [6.07, 6.45) is 5.59. The van der Waals surface area contributed by atoms with E-state index in [-0.39, 0.29) is 5.91 Å². The van der Waals surface area contributed by atoms with Crippen LogP contribution in [0, 0.1) is 0 Å². The summed E-state index contributed by atoms with van der Waals surface area (Å²) in [4.78, 5) is 13.0. The number of unbranched alkanes of at least 4 members (excludes halogenated alkanes) is 3. The standard InChI is InChI=1S/C11H25N3O/c1-2-3-8-14(10-11(13)15)9-6-4-5-7-12/h2-10,12H2,1H3,(H2,13,15). The summed E-state index contributed by atoms with van der Waals surface area (Å²) in [5.41, 5.74) is 10.6. The highest BCUT2D eigenvalue weighted by Gasteiger charge is 2.06. The fraction of sp³-hybridized carbons (Fsp3) is 0.909. The van der Waals surface area contributed by atoms with Crippen LogP contribution in [0.4, 0.5) is 0 Å². The van der Waals surface area contributed by atoms with Gasteiger partial charge < -0.3 is 11.5 Å². The van der Waals surface area contributed by atoms with Crippen LogP contribution in [0.5, 0.6) is 0 Å². The van der Waals surface area contributed by atoms with Crippen molar-refractivity contribution in [3.8, 4) is 0 Å². The first-order valence-electron chi connectivity index (χ1n) is 5.91. The Bertz CT molecular complexity index is 162. The largest absolute Gasteiger partial charge is 0.369 e. The molecule has 0 saturated carbocycles. The maximum absolute atomic E-state index is 10.8. The first-order chi connectivity index (χ1) is 7.20. The van der Waals surface area contributed by atoms with Gasteiger partial charge in [-0.3, -0.25) is 9.69 Å². The van der Waals surface area contributed by atoms with E-state index in [1.165, 1.54) is 0 Å². The average Bonchev–Trinajstić information content (AvgIpc) is 2.19. The van der Waals surface area contributed by atoms with Crippen molar-refractivity contribution in [2.45, 2.75) is 39.0 Å². The van der Waals surface area contributed by atoms with Crippen molar-refractivity contribution in [1.82, 2.24) is 4.90 Å². The number of amides is 1. The van der Waals surface area contributed by atoms with E-state index in [0.717, 1.165) is 51.7 Å². The summed E-state index contributed by atoms with van der Waals surface area (Å²) >= 11 is 0. The number of hydrogen-bond acceptors (Lipinski definition) is 3. The van der Waals surface area contributed by atoms with Gasteiger partial charge >= 0.3 is 0 Å². The highest BCUT2D eigenvalue weighted by Crippen LogP contribution is 2.00. The van der Waals surface area contributed by atoms with E-state index in [1.807, 2.05) is 0 Å². The molecule has 0 bridgehead atoms. The molecule has 0 aliphatic rings. The summed E-state index contributed by atoms with van der Waals surface area (Å²) in [5, 5.41) is 0. The van der Waals surface area contributed by atoms with Crippen LogP contribution in [0.15, 0.2) is 0 Å². The van der Waals surface area contributed by atoms with E-state index in [0.29, 0.717) is 6.54 Å². The Morgan fingerprint density at radius 2 is 1.80 bits per heavy atom. The molecule has 0 aromatic rings. The Kier molecular flexibility index (Phi) is 9.52. The number of primary amides is 1. The van der Waals surface area contributed by atoms with Crippen molar-refractivity contribution >= 4 is 5.91 Å². The SMILES string of the molecule is CCCCN(CCCCCN)CC(N)=O. The van der Waals surface area contributed by atoms with Crippen molar-refractivity contribution in [3.05, 3.63) is 0 Å². The Labute approximate surface area is 93.0 Å². The fourth-order valence-electron chi connectivity index (χ4n) is 1.53. The van der Waals surface area contributed by atoms with Gasteiger partial charge in [0.15, 0.2) is 0 Å². The minimum Gasteiger partial charge on any atom is -0.369 e. The van der Waals surface area contributed by atoms with Crippen molar-refractivity contribution in [2.75, 3.05) is 26.2 Å². The quantitative estimate of drug-likeness (QED) is 0.527. The molecule has 0 saturated heterocycles. The van der Waals surface area contributed by atoms with Crippen LogP contribution in [-0.4, -0.2) is 37.0 Å². The summed E-state index contributed by atoms with van der Waals surface area (Å²) in [7, 11) is 0. The van der Waals surface area contributed by atoms with E-state index >= 15 is 0 Å². The molecule has 0 fully saturated rings. The van der Waals surface area contributed by atoms with Crippen LogP contribution in [-0.2, 0) is 4.79 Å². The van der Waals surface area contributed by atoms with Gasteiger partial charge in [-0.1, -0.05) is 19.8 Å². The Morgan fingerprint density at radius 3 is 2.33 bits per heavy atom. The summed E-state index contributed by atoms with van der Waals surface area (Å²) in [5.74, 6) is -0.232. The molecule has 0 aromatic heterocycles. The lowest BCUT2D eigenvalue weighted by atomic mass is 10.2. The molecule has 4 heteroatoms. The molecule has 0 rings (SSSR count). The van der Waals surface area contributed by atoms with Crippen LogP contribution in [0.2, 0.25) is 0 Å². The first kappa shape index (κ1) is 14.4. The lowest BCUT2D eigenvalue weighted by Gasteiger charge is -2.20. The van der Waals surface area contributed by atoms with Gasteiger partial charge in [0.25, 0.3) is 0 Å². The normalized spacial score (nSPS) is 10.9. The predicted octanol–water partition coefficient (Wildman–Crippen LogP) is 0.703. The molecule has 90 valence electrons. The molecule has 0 aliphatic heterocycles. The van der Waals surface area contributed by atoms with Crippen LogP contribution in [0.1, 0.15) is 39.0 Å². The molecule has 1 amide bonds. The van der Waals surface area contributed by atoms with E-state index in [2.05, 4.69) is 11.8 Å². The second kappa shape index (κ2) is 9.93. The summed E-state index contributed by atoms with van der Waals surface area (Å²) < 4.78 is 0. The molecule has 0 atom stereocenters. The zero-order valence-electron chi connectivity index (χ0n) is 9.87. The molecule has 0 spiro atoms. The third-order valence-corrected chi connectivity index (χ3v) is 2.39. The molecule has 0 heterocycles. The van der Waals surface area contributed by atoms with Gasteiger partial charge in [-0.25, -0.2) is 0 Å². The minimum absolute atomic E-state index is 0.232. The maximum Gasteiger partial charge on any atom is 0.231 e. The topological polar surface area (TPSA) is 72.3 Å². The van der Waals surface area contributed by atoms with Crippen molar-refractivity contribution in [1.29, 1.82) is 0 Å². The molecule has 4 nitrogen and oxygen atoms in total. The van der Waals surface area contributed by atoms with E-state index in [9.17, 15) is 4.79 Å². The van der Waals surface area contributed by atoms with Gasteiger partial charge in [-0.2, -0.15) is 0 Å². The number of carbonyl (C=O) groups excluding carboxylic acids is 1. The third kappa shape index (κ3) is 9.69. The lowest BCUT2D eigenvalue weighted by molar-refractivity contribution is -0.119. The average molecular weight is 215 g/mol. The van der Waals surface area contributed by atoms with E-state index in [1.54, 1.807) is 0 Å². The lowest BCUT2D eigenvalue weighted by Crippen LogP contribution is -2.35. The Hall–Kier alpha value is -0.610. The fourth-order valence-corrected chi connectivity index (χ4v) is 1.53. The van der Waals surface area contributed by atoms with Gasteiger partial charge in [0, 0.05) is 0 Å². The second-order valence-corrected chi connectivity index (χ2v) is 3.95. The molecule has 0 aromatic carbocycles. The van der Waals surface area contributed by atoms with Gasteiger partial charge in [0.2, 0.25) is 5.91 Å². The highest BCUT2D eigenvalue weighted by molar-refractivity contribution is 5.75. The number of rotatable bonds is 10. The summed E-state index contributed by atoms with van der Waals surface area (Å²) in [6, 6.07) is 0. The van der Waals surface area contributed by atoms with Gasteiger partial charge in [-0.15, -0.1) is 0 Å². The smallest absolute Gasteiger partial charge is 0.231 e. The van der Waals surface area contributed by atoms with Crippen LogP contribution < -0.4 is 11.5 Å². The molecular weight excluding hydrogens is 190 g/mol. The molecular formula is C11H25N3O. The third-order valence-electron chi connectivity index (χ3n) is 2.39. The Morgan fingerprint density at radius 1 is 1.13 bits per heavy atom. The zero-order chi connectivity index (χ0) is 11.5. The number of nitrogens with two attached hydrogens (primary N) is 2. The number of nitrogens with zero attached hydrogens (tertiary/aromatic N) is 1. The molecule has 4 N–H and O–H groups in total. The number of carbonyl (C=O) groups is 1. The van der Waals surface area contributed by atoms with Crippen LogP contribution in [0.3, 0.4) is 0 Å². The molecule has 0 radical (unpaired) electrons. The molecule has 0 unspecified atom stereocenters. The van der Waals surface area contributed by atoms with E-state index < -0.39 is 0 Å². The van der Waals surface area contributed by atoms with Crippen LogP contribution >= 0.6 is 0 Å². The monoisotopic (exact) mass is 215 g/mol. The van der Waals surface area contributed by atoms with Gasteiger partial charge in [0.05, 0.1) is 6.54 Å². The van der Waals surface area contributed by atoms with Crippen LogP contribution in [0.25, 0.3) is 0 Å². The van der Waals surface area contributed by atoms with E-state index in [4.69, 9.17) is 11.5 Å².